The lowest BCUT2D eigenvalue weighted by Gasteiger charge is -2.32. The normalized spacial score (nSPS) is 15.5. The molecule has 1 N–H and O–H groups in total. The lowest BCUT2D eigenvalue weighted by molar-refractivity contribution is 0.0698. The van der Waals surface area contributed by atoms with Gasteiger partial charge in [-0.15, -0.1) is 0 Å². The average molecular weight is 429 g/mol. The minimum Gasteiger partial charge on any atom is -0.494 e. The van der Waals surface area contributed by atoms with Crippen LogP contribution in [-0.2, 0) is 16.6 Å². The number of hydrogen-bond acceptors (Lipinski definition) is 4. The van der Waals surface area contributed by atoms with Crippen molar-refractivity contribution in [2.75, 3.05) is 26.0 Å². The summed E-state index contributed by atoms with van der Waals surface area (Å²) in [5.74, 6) is 1.07. The molecule has 0 aromatic heterocycles. The van der Waals surface area contributed by atoms with Crippen LogP contribution in [0.5, 0.6) is 5.75 Å². The summed E-state index contributed by atoms with van der Waals surface area (Å²) in [6.07, 6.45) is 3.08. The Hall–Kier alpha value is -2.67. The van der Waals surface area contributed by atoms with Crippen molar-refractivity contribution in [3.63, 3.8) is 0 Å². The summed E-state index contributed by atoms with van der Waals surface area (Å²) in [5.41, 5.74) is 2.11. The number of carbonyl (C=O) groups is 2. The molecule has 6 nitrogen and oxygen atoms in total. The van der Waals surface area contributed by atoms with E-state index in [2.05, 4.69) is 5.32 Å². The van der Waals surface area contributed by atoms with Crippen LogP contribution in [0.15, 0.2) is 48.5 Å². The quantitative estimate of drug-likeness (QED) is 0.736. The average Bonchev–Trinajstić information content (AvgIpc) is 2.74. The number of nitrogens with one attached hydrogen (secondary N) is 1. The van der Waals surface area contributed by atoms with Crippen molar-refractivity contribution >= 4 is 22.6 Å². The molecule has 0 bridgehead atoms. The molecule has 2 aromatic carbocycles. The van der Waals surface area contributed by atoms with Crippen LogP contribution in [-0.4, -0.2) is 52.9 Å². The van der Waals surface area contributed by atoms with Crippen molar-refractivity contribution in [3.05, 3.63) is 65.2 Å². The van der Waals surface area contributed by atoms with Crippen molar-refractivity contribution in [1.82, 2.24) is 10.2 Å². The molecule has 2 aromatic rings. The van der Waals surface area contributed by atoms with E-state index in [1.807, 2.05) is 36.1 Å². The summed E-state index contributed by atoms with van der Waals surface area (Å²) in [7, 11) is -0.948. The van der Waals surface area contributed by atoms with Crippen LogP contribution < -0.4 is 10.1 Å². The molecule has 1 unspecified atom stereocenters. The number of piperidine rings is 1. The van der Waals surface area contributed by atoms with Gasteiger partial charge in [0.2, 0.25) is 0 Å². The molecule has 0 spiro atoms. The van der Waals surface area contributed by atoms with E-state index in [0.29, 0.717) is 49.4 Å². The van der Waals surface area contributed by atoms with Gasteiger partial charge in [-0.3, -0.25) is 13.8 Å². The molecule has 1 aliphatic heterocycles. The topological polar surface area (TPSA) is 75.7 Å². The Balaban J connectivity index is 1.52. The molecule has 160 valence electrons. The van der Waals surface area contributed by atoms with Crippen LogP contribution in [0.3, 0.4) is 0 Å². The smallest absolute Gasteiger partial charge is 0.253 e. The number of likely N-dealkylation sites (tertiary alicyclic amines) is 1. The molecular formula is C23H28N2O4S. The van der Waals surface area contributed by atoms with Crippen molar-refractivity contribution in [3.8, 4) is 5.75 Å². The Morgan fingerprint density at radius 3 is 2.43 bits per heavy atom. The molecule has 1 saturated heterocycles. The first kappa shape index (κ1) is 22.0. The number of benzene rings is 2. The van der Waals surface area contributed by atoms with Crippen LogP contribution in [0.4, 0.5) is 0 Å². The van der Waals surface area contributed by atoms with E-state index in [-0.39, 0.29) is 17.9 Å². The van der Waals surface area contributed by atoms with Gasteiger partial charge in [-0.1, -0.05) is 12.1 Å². The maximum absolute atomic E-state index is 12.7. The molecule has 1 heterocycles. The van der Waals surface area contributed by atoms with Crippen LogP contribution in [0.1, 0.15) is 46.0 Å². The minimum absolute atomic E-state index is 0.00286. The zero-order chi connectivity index (χ0) is 21.5. The van der Waals surface area contributed by atoms with Gasteiger partial charge in [0, 0.05) is 53.1 Å². The van der Waals surface area contributed by atoms with Gasteiger partial charge in [0.1, 0.15) is 5.75 Å². The van der Waals surface area contributed by atoms with Gasteiger partial charge < -0.3 is 15.0 Å². The van der Waals surface area contributed by atoms with Crippen LogP contribution in [0.25, 0.3) is 0 Å². The van der Waals surface area contributed by atoms with E-state index >= 15 is 0 Å². The van der Waals surface area contributed by atoms with Crippen molar-refractivity contribution in [1.29, 1.82) is 0 Å². The molecule has 1 fully saturated rings. The van der Waals surface area contributed by atoms with Gasteiger partial charge in [-0.25, -0.2) is 0 Å². The highest BCUT2D eigenvalue weighted by atomic mass is 32.2. The molecule has 2 amide bonds. The Kier molecular flexibility index (Phi) is 7.63. The Morgan fingerprint density at radius 2 is 1.80 bits per heavy atom. The molecule has 30 heavy (non-hydrogen) atoms. The molecule has 0 saturated carbocycles. The van der Waals surface area contributed by atoms with E-state index in [0.717, 1.165) is 11.3 Å². The van der Waals surface area contributed by atoms with Gasteiger partial charge in [0.25, 0.3) is 11.8 Å². The third-order valence-electron chi connectivity index (χ3n) is 5.09. The van der Waals surface area contributed by atoms with E-state index in [1.54, 1.807) is 30.5 Å². The predicted molar refractivity (Wildman–Crippen MR) is 118 cm³/mol. The molecule has 1 aliphatic rings. The monoisotopic (exact) mass is 428 g/mol. The first-order valence-electron chi connectivity index (χ1n) is 10.2. The fraction of sp³-hybridized carbons (Fsp3) is 0.391. The van der Waals surface area contributed by atoms with E-state index in [9.17, 15) is 13.8 Å². The van der Waals surface area contributed by atoms with Gasteiger partial charge in [-0.2, -0.15) is 0 Å². The Labute approximate surface area is 180 Å². The van der Waals surface area contributed by atoms with Crippen molar-refractivity contribution in [2.45, 2.75) is 31.6 Å². The molecule has 0 aliphatic carbocycles. The van der Waals surface area contributed by atoms with Gasteiger partial charge in [0.15, 0.2) is 0 Å². The Morgan fingerprint density at radius 1 is 1.10 bits per heavy atom. The molecule has 3 rings (SSSR count). The fourth-order valence-electron chi connectivity index (χ4n) is 3.58. The molecule has 1 atom stereocenters. The standard InChI is InChI=1S/C23H28N2O4S/c1-3-29-21-9-7-18(8-10-21)23(27)25-13-11-20(12-14-25)24-22(26)19-6-4-5-17(15-19)16-30(2)28/h4-10,15,20H,3,11-14,16H2,1-2H3,(H,24,26). The van der Waals surface area contributed by atoms with Crippen molar-refractivity contribution < 1.29 is 18.5 Å². The second-order valence-corrected chi connectivity index (χ2v) is 8.85. The third kappa shape index (κ3) is 5.92. The predicted octanol–water partition coefficient (Wildman–Crippen LogP) is 3.00. The number of carbonyl (C=O) groups excluding carboxylic acids is 2. The molecule has 0 radical (unpaired) electrons. The summed E-state index contributed by atoms with van der Waals surface area (Å²) < 4.78 is 16.8. The zero-order valence-corrected chi connectivity index (χ0v) is 18.2. The van der Waals surface area contributed by atoms with Crippen LogP contribution in [0, 0.1) is 0 Å². The number of amides is 2. The number of rotatable bonds is 7. The second kappa shape index (κ2) is 10.4. The zero-order valence-electron chi connectivity index (χ0n) is 17.4. The highest BCUT2D eigenvalue weighted by Crippen LogP contribution is 2.18. The summed E-state index contributed by atoms with van der Waals surface area (Å²) >= 11 is 0. The number of ether oxygens (including phenoxy) is 1. The van der Waals surface area contributed by atoms with Gasteiger partial charge in [0.05, 0.1) is 6.61 Å². The second-order valence-electron chi connectivity index (χ2n) is 7.42. The highest BCUT2D eigenvalue weighted by molar-refractivity contribution is 7.83. The first-order valence-corrected chi connectivity index (χ1v) is 11.9. The van der Waals surface area contributed by atoms with E-state index in [4.69, 9.17) is 4.74 Å². The lowest BCUT2D eigenvalue weighted by Crippen LogP contribution is -2.46. The summed E-state index contributed by atoms with van der Waals surface area (Å²) in [5, 5.41) is 3.07. The third-order valence-corrected chi connectivity index (χ3v) is 5.83. The lowest BCUT2D eigenvalue weighted by atomic mass is 10.0. The first-order chi connectivity index (χ1) is 14.5. The van der Waals surface area contributed by atoms with Crippen LogP contribution in [0.2, 0.25) is 0 Å². The van der Waals surface area contributed by atoms with Gasteiger partial charge >= 0.3 is 0 Å². The number of hydrogen-bond donors (Lipinski definition) is 1. The number of nitrogens with zero attached hydrogens (tertiary/aromatic N) is 1. The summed E-state index contributed by atoms with van der Waals surface area (Å²) in [4.78, 5) is 27.1. The van der Waals surface area contributed by atoms with Crippen molar-refractivity contribution in [2.24, 2.45) is 0 Å². The van der Waals surface area contributed by atoms with Gasteiger partial charge in [-0.05, 0) is 61.7 Å². The van der Waals surface area contributed by atoms with E-state index < -0.39 is 10.8 Å². The summed E-state index contributed by atoms with van der Waals surface area (Å²) in [6.45, 7) is 3.72. The maximum atomic E-state index is 12.7. The SMILES string of the molecule is CCOc1ccc(C(=O)N2CCC(NC(=O)c3cccc(CS(C)=O)c3)CC2)cc1. The minimum atomic E-state index is -0.948. The highest BCUT2D eigenvalue weighted by Gasteiger charge is 2.25. The maximum Gasteiger partial charge on any atom is 0.253 e. The summed E-state index contributed by atoms with van der Waals surface area (Å²) in [6, 6.07) is 14.5. The fourth-order valence-corrected chi connectivity index (χ4v) is 4.22. The Bertz CT molecular complexity index is 906. The molecule has 7 heteroatoms. The van der Waals surface area contributed by atoms with E-state index in [1.165, 1.54) is 0 Å². The van der Waals surface area contributed by atoms with Crippen LogP contribution >= 0.6 is 0 Å². The molecular weight excluding hydrogens is 400 g/mol. The largest absolute Gasteiger partial charge is 0.494 e.